The predicted octanol–water partition coefficient (Wildman–Crippen LogP) is 5.21. The Labute approximate surface area is 219 Å². The number of hydrogen-bond donors (Lipinski definition) is 1. The Morgan fingerprint density at radius 2 is 1.92 bits per heavy atom. The number of benzene rings is 2. The van der Waals surface area contributed by atoms with Crippen LogP contribution in [0.1, 0.15) is 24.0 Å². The van der Waals surface area contributed by atoms with Gasteiger partial charge in [-0.15, -0.1) is 0 Å². The summed E-state index contributed by atoms with van der Waals surface area (Å²) < 4.78 is 11.8. The highest BCUT2D eigenvalue weighted by atomic mass is 16.6. The molecule has 1 aliphatic rings. The summed E-state index contributed by atoms with van der Waals surface area (Å²) in [5, 5.41) is 25.3. The maximum absolute atomic E-state index is 12.0. The Morgan fingerprint density at radius 3 is 2.61 bits per heavy atom. The van der Waals surface area contributed by atoms with E-state index in [0.29, 0.717) is 34.8 Å². The highest BCUT2D eigenvalue weighted by molar-refractivity contribution is 5.98. The van der Waals surface area contributed by atoms with Crippen molar-refractivity contribution in [1.82, 2.24) is 14.9 Å². The van der Waals surface area contributed by atoms with Crippen LogP contribution in [0.2, 0.25) is 0 Å². The van der Waals surface area contributed by atoms with Gasteiger partial charge in [0.1, 0.15) is 18.8 Å². The molecule has 10 nitrogen and oxygen atoms in total. The zero-order chi connectivity index (χ0) is 26.5. The smallest absolute Gasteiger partial charge is 0.311 e. The second kappa shape index (κ2) is 11.1. The molecule has 0 aliphatic carbocycles. The number of fused-ring (bicyclic) bond motifs is 1. The predicted molar refractivity (Wildman–Crippen MR) is 143 cm³/mol. The monoisotopic (exact) mass is 510 g/mol. The van der Waals surface area contributed by atoms with E-state index in [1.54, 1.807) is 24.4 Å². The molecule has 0 radical (unpaired) electrons. The minimum Gasteiger partial charge on any atom is -0.483 e. The number of hydrogen-bond acceptors (Lipinski definition) is 9. The van der Waals surface area contributed by atoms with Crippen molar-refractivity contribution in [3.63, 3.8) is 0 Å². The number of anilines is 2. The van der Waals surface area contributed by atoms with Gasteiger partial charge in [-0.05, 0) is 31.5 Å². The largest absolute Gasteiger partial charge is 0.483 e. The summed E-state index contributed by atoms with van der Waals surface area (Å²) in [5.74, 6) is 0.632. The molecule has 192 valence electrons. The topological polar surface area (TPSA) is 126 Å². The van der Waals surface area contributed by atoms with Crippen LogP contribution < -0.4 is 14.8 Å². The average Bonchev–Trinajstić information content (AvgIpc) is 2.94. The second-order valence-corrected chi connectivity index (χ2v) is 9.16. The Balaban J connectivity index is 1.41. The number of nitrogens with one attached hydrogen (secondary N) is 1. The molecule has 2 aromatic heterocycles. The van der Waals surface area contributed by atoms with Crippen molar-refractivity contribution in [1.29, 1.82) is 5.26 Å². The third kappa shape index (κ3) is 5.63. The van der Waals surface area contributed by atoms with Crippen LogP contribution in [0, 0.1) is 21.4 Å². The molecule has 0 amide bonds. The third-order valence-electron chi connectivity index (χ3n) is 6.46. The molecule has 4 aromatic rings. The molecular weight excluding hydrogens is 484 g/mol. The standard InChI is InChI=1S/C28H26N6O4/c1-33-11-9-22(10-12-33)38-26-14-24-23(13-25(26)34(35)36)28(20(15-29)16-30-24)32-21-7-8-27(31-17-21)37-18-19-5-3-2-4-6-19/h2-8,13-14,16-17,22H,9-12,18H2,1H3,(H,30,32). The molecule has 0 saturated carbocycles. The Kier molecular flexibility index (Phi) is 7.28. The molecule has 1 saturated heterocycles. The molecule has 1 fully saturated rings. The molecule has 1 aliphatic heterocycles. The fourth-order valence-corrected chi connectivity index (χ4v) is 4.36. The fraction of sp³-hybridized carbons (Fsp3) is 0.250. The van der Waals surface area contributed by atoms with Crippen molar-refractivity contribution in [2.75, 3.05) is 25.5 Å². The van der Waals surface area contributed by atoms with Crippen LogP contribution in [0.4, 0.5) is 17.1 Å². The van der Waals surface area contributed by atoms with Gasteiger partial charge in [-0.3, -0.25) is 15.1 Å². The summed E-state index contributed by atoms with van der Waals surface area (Å²) in [5.41, 5.74) is 2.59. The molecule has 38 heavy (non-hydrogen) atoms. The Bertz CT molecular complexity index is 1480. The van der Waals surface area contributed by atoms with E-state index in [4.69, 9.17) is 9.47 Å². The van der Waals surface area contributed by atoms with Gasteiger partial charge in [0.05, 0.1) is 33.6 Å². The molecule has 5 rings (SSSR count). The summed E-state index contributed by atoms with van der Waals surface area (Å²) in [4.78, 5) is 22.4. The van der Waals surface area contributed by atoms with Crippen molar-refractivity contribution in [2.45, 2.75) is 25.6 Å². The summed E-state index contributed by atoms with van der Waals surface area (Å²) in [7, 11) is 2.04. The van der Waals surface area contributed by atoms with Gasteiger partial charge < -0.3 is 19.7 Å². The maximum Gasteiger partial charge on any atom is 0.311 e. The van der Waals surface area contributed by atoms with Crippen LogP contribution in [-0.2, 0) is 6.61 Å². The molecule has 2 aromatic carbocycles. The van der Waals surface area contributed by atoms with E-state index in [-0.39, 0.29) is 23.1 Å². The van der Waals surface area contributed by atoms with Crippen LogP contribution in [0.15, 0.2) is 67.0 Å². The lowest BCUT2D eigenvalue weighted by molar-refractivity contribution is -0.386. The van der Waals surface area contributed by atoms with Crippen LogP contribution in [-0.4, -0.2) is 46.0 Å². The lowest BCUT2D eigenvalue weighted by atomic mass is 10.1. The van der Waals surface area contributed by atoms with Gasteiger partial charge in [-0.25, -0.2) is 4.98 Å². The molecule has 1 N–H and O–H groups in total. The lowest BCUT2D eigenvalue weighted by Gasteiger charge is -2.29. The number of nitriles is 1. The normalized spacial score (nSPS) is 14.1. The zero-order valence-electron chi connectivity index (χ0n) is 20.8. The first-order chi connectivity index (χ1) is 18.5. The average molecular weight is 511 g/mol. The first-order valence-corrected chi connectivity index (χ1v) is 12.3. The molecule has 0 unspecified atom stereocenters. The van der Waals surface area contributed by atoms with Gasteiger partial charge in [-0.2, -0.15) is 5.26 Å². The van der Waals surface area contributed by atoms with Gasteiger partial charge >= 0.3 is 5.69 Å². The van der Waals surface area contributed by atoms with E-state index < -0.39 is 4.92 Å². The van der Waals surface area contributed by atoms with E-state index in [1.807, 2.05) is 37.4 Å². The Morgan fingerprint density at radius 1 is 1.13 bits per heavy atom. The summed E-state index contributed by atoms with van der Waals surface area (Å²) in [6, 6.07) is 18.4. The van der Waals surface area contributed by atoms with E-state index in [2.05, 4.69) is 26.3 Å². The molecule has 3 heterocycles. The number of rotatable bonds is 8. The van der Waals surface area contributed by atoms with Crippen molar-refractivity contribution in [3.05, 3.63) is 88.2 Å². The first kappa shape index (κ1) is 24.9. The number of aromatic nitrogens is 2. The van der Waals surface area contributed by atoms with E-state index in [1.165, 1.54) is 12.3 Å². The minimum absolute atomic E-state index is 0.105. The number of piperidine rings is 1. The SMILES string of the molecule is CN1CCC(Oc2cc3ncc(C#N)c(Nc4ccc(OCc5ccccc5)nc4)c3cc2[N+](=O)[O-])CC1. The number of nitrogens with zero attached hydrogens (tertiary/aromatic N) is 5. The van der Waals surface area contributed by atoms with Crippen molar-refractivity contribution < 1.29 is 14.4 Å². The van der Waals surface area contributed by atoms with Gasteiger partial charge in [0.2, 0.25) is 5.88 Å². The molecule has 0 spiro atoms. The number of nitro benzene ring substituents is 1. The summed E-state index contributed by atoms with van der Waals surface area (Å²) in [6.45, 7) is 2.13. The lowest BCUT2D eigenvalue weighted by Crippen LogP contribution is -2.35. The van der Waals surface area contributed by atoms with Gasteiger partial charge in [-0.1, -0.05) is 30.3 Å². The third-order valence-corrected chi connectivity index (χ3v) is 6.46. The Hall–Kier alpha value is -4.75. The molecule has 0 atom stereocenters. The van der Waals surface area contributed by atoms with Crippen LogP contribution in [0.5, 0.6) is 11.6 Å². The van der Waals surface area contributed by atoms with Crippen molar-refractivity contribution in [2.24, 2.45) is 0 Å². The van der Waals surface area contributed by atoms with E-state index >= 15 is 0 Å². The van der Waals surface area contributed by atoms with E-state index in [9.17, 15) is 15.4 Å². The van der Waals surface area contributed by atoms with Crippen LogP contribution >= 0.6 is 0 Å². The minimum atomic E-state index is -0.465. The first-order valence-electron chi connectivity index (χ1n) is 12.3. The molecule has 0 bridgehead atoms. The van der Waals surface area contributed by atoms with Gasteiger partial charge in [0.25, 0.3) is 0 Å². The molecular formula is C28H26N6O4. The quantitative estimate of drug-likeness (QED) is 0.251. The van der Waals surface area contributed by atoms with Gasteiger partial charge in [0, 0.05) is 42.9 Å². The highest BCUT2D eigenvalue weighted by Crippen LogP contribution is 2.38. The number of nitro groups is 1. The number of pyridine rings is 2. The van der Waals surface area contributed by atoms with Crippen molar-refractivity contribution >= 4 is 28.0 Å². The summed E-state index contributed by atoms with van der Waals surface area (Å²) in [6.07, 6.45) is 4.50. The number of likely N-dealkylation sites (tertiary alicyclic amines) is 1. The summed E-state index contributed by atoms with van der Waals surface area (Å²) >= 11 is 0. The second-order valence-electron chi connectivity index (χ2n) is 9.16. The fourth-order valence-electron chi connectivity index (χ4n) is 4.36. The van der Waals surface area contributed by atoms with Crippen LogP contribution in [0.25, 0.3) is 10.9 Å². The maximum atomic E-state index is 12.0. The van der Waals surface area contributed by atoms with Crippen molar-refractivity contribution in [3.8, 4) is 17.7 Å². The van der Waals surface area contributed by atoms with E-state index in [0.717, 1.165) is 31.5 Å². The van der Waals surface area contributed by atoms with Crippen LogP contribution in [0.3, 0.4) is 0 Å². The highest BCUT2D eigenvalue weighted by Gasteiger charge is 2.25. The number of ether oxygens (including phenoxy) is 2. The molecule has 10 heteroatoms. The van der Waals surface area contributed by atoms with Gasteiger partial charge in [0.15, 0.2) is 5.75 Å². The zero-order valence-corrected chi connectivity index (χ0v) is 20.8.